The molecule has 80 valence electrons. The lowest BCUT2D eigenvalue weighted by atomic mass is 10.0. The van der Waals surface area contributed by atoms with Crippen LogP contribution in [0.4, 0.5) is 0 Å². The van der Waals surface area contributed by atoms with Gasteiger partial charge in [0.15, 0.2) is 0 Å². The maximum Gasteiger partial charge on any atom is 0.366 e. The van der Waals surface area contributed by atoms with Crippen LogP contribution in [0.1, 0.15) is 26.7 Å². The monoisotopic (exact) mass is 202 g/mol. The largest absolute Gasteiger partial charge is 0.478 e. The fourth-order valence-electron chi connectivity index (χ4n) is 0.854. The van der Waals surface area contributed by atoms with E-state index in [1.165, 1.54) is 0 Å². The molecule has 0 amide bonds. The van der Waals surface area contributed by atoms with E-state index in [1.54, 1.807) is 0 Å². The van der Waals surface area contributed by atoms with E-state index in [1.807, 2.05) is 13.8 Å². The molecule has 5 nitrogen and oxygen atoms in total. The molecule has 0 heterocycles. The lowest BCUT2D eigenvalue weighted by Crippen LogP contribution is -2.06. The van der Waals surface area contributed by atoms with Gasteiger partial charge in [0, 0.05) is 11.6 Å². The quantitative estimate of drug-likeness (QED) is 0.400. The third-order valence-corrected chi connectivity index (χ3v) is 1.65. The van der Waals surface area contributed by atoms with E-state index in [9.17, 15) is 9.59 Å². The van der Waals surface area contributed by atoms with Crippen LogP contribution in [0.3, 0.4) is 0 Å². The molecular weight excluding hydrogens is 188 g/mol. The van der Waals surface area contributed by atoms with Gasteiger partial charge in [-0.15, -0.1) is 0 Å². The highest BCUT2D eigenvalue weighted by Gasteiger charge is 2.11. The highest BCUT2D eigenvalue weighted by Crippen LogP contribution is 2.11. The molecule has 14 heavy (non-hydrogen) atoms. The van der Waals surface area contributed by atoms with Crippen LogP contribution < -0.4 is 0 Å². The van der Waals surface area contributed by atoms with Gasteiger partial charge in [-0.3, -0.25) is 4.89 Å². The summed E-state index contributed by atoms with van der Waals surface area (Å²) in [6.07, 6.45) is 1.73. The average molecular weight is 202 g/mol. The number of aliphatic carboxylic acids is 1. The van der Waals surface area contributed by atoms with Crippen LogP contribution in [0.5, 0.6) is 0 Å². The van der Waals surface area contributed by atoms with Crippen LogP contribution in [-0.2, 0) is 14.5 Å². The van der Waals surface area contributed by atoms with Gasteiger partial charge in [0.2, 0.25) is 0 Å². The molecule has 0 saturated heterocycles. The Morgan fingerprint density at radius 3 is 2.36 bits per heavy atom. The lowest BCUT2D eigenvalue weighted by Gasteiger charge is -2.04. The van der Waals surface area contributed by atoms with Crippen molar-refractivity contribution in [2.24, 2.45) is 5.92 Å². The van der Waals surface area contributed by atoms with Gasteiger partial charge in [0.1, 0.15) is 0 Å². The van der Waals surface area contributed by atoms with E-state index in [-0.39, 0.29) is 12.0 Å². The average Bonchev–Trinajstić information content (AvgIpc) is 2.10. The molecule has 0 fully saturated rings. The van der Waals surface area contributed by atoms with E-state index in [0.717, 1.165) is 6.08 Å². The molecule has 0 aliphatic rings. The van der Waals surface area contributed by atoms with Crippen molar-refractivity contribution in [2.45, 2.75) is 26.7 Å². The third kappa shape index (κ3) is 5.31. The smallest absolute Gasteiger partial charge is 0.366 e. The van der Waals surface area contributed by atoms with E-state index in [2.05, 4.69) is 4.89 Å². The van der Waals surface area contributed by atoms with Crippen molar-refractivity contribution < 1.29 is 24.8 Å². The summed E-state index contributed by atoms with van der Waals surface area (Å²) in [6, 6.07) is 0. The number of carbonyl (C=O) groups excluding carboxylic acids is 1. The normalized spacial score (nSPS) is 11.6. The summed E-state index contributed by atoms with van der Waals surface area (Å²) in [5, 5.41) is 16.6. The van der Waals surface area contributed by atoms with Gasteiger partial charge in [-0.2, -0.15) is 5.26 Å². The third-order valence-electron chi connectivity index (χ3n) is 1.65. The molecule has 0 aromatic heterocycles. The first-order valence-electron chi connectivity index (χ1n) is 4.26. The number of hydrogen-bond donors (Lipinski definition) is 2. The summed E-state index contributed by atoms with van der Waals surface area (Å²) >= 11 is 0. The molecule has 2 N–H and O–H groups in total. The second-order valence-corrected chi connectivity index (χ2v) is 3.32. The Hall–Kier alpha value is -1.36. The van der Waals surface area contributed by atoms with Crippen LogP contribution in [-0.4, -0.2) is 22.3 Å². The van der Waals surface area contributed by atoms with Crippen molar-refractivity contribution in [3.8, 4) is 0 Å². The predicted molar refractivity (Wildman–Crippen MR) is 48.5 cm³/mol. The molecule has 0 radical (unpaired) electrons. The Morgan fingerprint density at radius 1 is 1.43 bits per heavy atom. The zero-order valence-corrected chi connectivity index (χ0v) is 8.19. The Morgan fingerprint density at radius 2 is 2.00 bits per heavy atom. The number of rotatable bonds is 5. The fraction of sp³-hybridized carbons (Fsp3) is 0.556. The van der Waals surface area contributed by atoms with Crippen LogP contribution in [0.2, 0.25) is 0 Å². The lowest BCUT2D eigenvalue weighted by molar-refractivity contribution is -0.228. The Labute approximate surface area is 81.9 Å². The first-order valence-corrected chi connectivity index (χ1v) is 4.26. The van der Waals surface area contributed by atoms with E-state index < -0.39 is 11.9 Å². The first-order chi connectivity index (χ1) is 6.47. The number of carbonyl (C=O) groups is 2. The van der Waals surface area contributed by atoms with Crippen molar-refractivity contribution in [1.82, 2.24) is 0 Å². The SMILES string of the molecule is CC(C)CC/C(=C/C(=O)OO)C(=O)O. The van der Waals surface area contributed by atoms with Crippen LogP contribution in [0, 0.1) is 5.92 Å². The maximum absolute atomic E-state index is 10.6. The van der Waals surface area contributed by atoms with Gasteiger partial charge < -0.3 is 5.11 Å². The molecule has 0 aliphatic heterocycles. The van der Waals surface area contributed by atoms with Crippen LogP contribution in [0.25, 0.3) is 0 Å². The van der Waals surface area contributed by atoms with Crippen molar-refractivity contribution in [3.63, 3.8) is 0 Å². The zero-order chi connectivity index (χ0) is 11.1. The second-order valence-electron chi connectivity index (χ2n) is 3.32. The topological polar surface area (TPSA) is 83.8 Å². The Bertz CT molecular complexity index is 242. The molecule has 0 bridgehead atoms. The molecule has 0 aliphatic carbocycles. The molecule has 0 atom stereocenters. The summed E-state index contributed by atoms with van der Waals surface area (Å²) in [5.41, 5.74) is -0.0576. The first kappa shape index (κ1) is 12.6. The van der Waals surface area contributed by atoms with Crippen molar-refractivity contribution >= 4 is 11.9 Å². The molecule has 0 saturated carbocycles. The summed E-state index contributed by atoms with van der Waals surface area (Å²) in [5.74, 6) is -1.88. The predicted octanol–water partition coefficient (Wildman–Crippen LogP) is 1.45. The molecular formula is C9H14O5. The zero-order valence-electron chi connectivity index (χ0n) is 8.19. The highest BCUT2D eigenvalue weighted by atomic mass is 17.1. The number of carboxylic acids is 1. The standard InChI is InChI=1S/C9H14O5/c1-6(2)3-4-7(9(11)12)5-8(10)14-13/h5-6,13H,3-4H2,1-2H3,(H,11,12)/b7-5-. The molecule has 0 rings (SSSR count). The van der Waals surface area contributed by atoms with Crippen LogP contribution in [0.15, 0.2) is 11.6 Å². The Balaban J connectivity index is 4.37. The molecule has 0 unspecified atom stereocenters. The van der Waals surface area contributed by atoms with E-state index in [4.69, 9.17) is 10.4 Å². The van der Waals surface area contributed by atoms with Crippen molar-refractivity contribution in [2.75, 3.05) is 0 Å². The molecule has 0 spiro atoms. The van der Waals surface area contributed by atoms with Gasteiger partial charge in [-0.05, 0) is 18.8 Å². The molecule has 0 aromatic carbocycles. The van der Waals surface area contributed by atoms with Gasteiger partial charge in [-0.25, -0.2) is 9.59 Å². The van der Waals surface area contributed by atoms with Crippen molar-refractivity contribution in [3.05, 3.63) is 11.6 Å². The second kappa shape index (κ2) is 6.15. The minimum absolute atomic E-state index is 0.0576. The van der Waals surface area contributed by atoms with Gasteiger partial charge >= 0.3 is 11.9 Å². The maximum atomic E-state index is 10.6. The van der Waals surface area contributed by atoms with Gasteiger partial charge in [-0.1, -0.05) is 13.8 Å². The minimum atomic E-state index is -1.17. The summed E-state index contributed by atoms with van der Waals surface area (Å²) in [7, 11) is 0. The van der Waals surface area contributed by atoms with Gasteiger partial charge in [0.25, 0.3) is 0 Å². The van der Waals surface area contributed by atoms with Crippen LogP contribution >= 0.6 is 0 Å². The van der Waals surface area contributed by atoms with E-state index >= 15 is 0 Å². The molecule has 0 aromatic rings. The summed E-state index contributed by atoms with van der Waals surface area (Å²) in [4.78, 5) is 24.5. The number of carboxylic acid groups (broad SMARTS) is 1. The number of hydrogen-bond acceptors (Lipinski definition) is 4. The Kier molecular flexibility index (Phi) is 5.55. The summed E-state index contributed by atoms with van der Waals surface area (Å²) in [6.45, 7) is 3.90. The van der Waals surface area contributed by atoms with Gasteiger partial charge in [0.05, 0.1) is 0 Å². The highest BCUT2D eigenvalue weighted by molar-refractivity contribution is 5.95. The summed E-state index contributed by atoms with van der Waals surface area (Å²) < 4.78 is 0. The molecule has 5 heteroatoms. The van der Waals surface area contributed by atoms with E-state index in [0.29, 0.717) is 12.3 Å². The minimum Gasteiger partial charge on any atom is -0.478 e. The van der Waals surface area contributed by atoms with Crippen molar-refractivity contribution in [1.29, 1.82) is 0 Å². The fourth-order valence-corrected chi connectivity index (χ4v) is 0.854.